The van der Waals surface area contributed by atoms with Crippen LogP contribution in [-0.4, -0.2) is 29.2 Å². The molecule has 2 unspecified atom stereocenters. The Morgan fingerprint density at radius 3 is 2.44 bits per heavy atom. The highest BCUT2D eigenvalue weighted by molar-refractivity contribution is 6.07. The van der Waals surface area contributed by atoms with Crippen LogP contribution in [0.3, 0.4) is 0 Å². The zero-order chi connectivity index (χ0) is 18.4. The van der Waals surface area contributed by atoms with Crippen molar-refractivity contribution in [2.45, 2.75) is 47.0 Å². The molecule has 0 radical (unpaired) electrons. The van der Waals surface area contributed by atoms with Gasteiger partial charge in [-0.3, -0.25) is 19.3 Å². The summed E-state index contributed by atoms with van der Waals surface area (Å²) in [5, 5.41) is 2.78. The van der Waals surface area contributed by atoms with Crippen LogP contribution in [0, 0.1) is 16.7 Å². The van der Waals surface area contributed by atoms with Gasteiger partial charge in [-0.2, -0.15) is 0 Å². The van der Waals surface area contributed by atoms with Gasteiger partial charge in [-0.05, 0) is 42.4 Å². The highest BCUT2D eigenvalue weighted by Crippen LogP contribution is 2.59. The molecule has 3 rings (SSSR count). The second-order valence-corrected chi connectivity index (χ2v) is 7.97. The molecule has 3 amide bonds. The second-order valence-electron chi connectivity index (χ2n) is 7.97. The number of carbonyl (C=O) groups excluding carboxylic acids is 3. The Bertz CT molecular complexity index is 723. The van der Waals surface area contributed by atoms with Crippen LogP contribution in [0.1, 0.15) is 46.1 Å². The van der Waals surface area contributed by atoms with E-state index in [1.807, 2.05) is 45.0 Å². The summed E-state index contributed by atoms with van der Waals surface area (Å²) in [6.45, 7) is 7.77. The van der Waals surface area contributed by atoms with Gasteiger partial charge in [0.05, 0.1) is 5.41 Å². The number of nitrogens with one attached hydrogen (secondary N) is 1. The van der Waals surface area contributed by atoms with E-state index in [1.54, 1.807) is 0 Å². The van der Waals surface area contributed by atoms with Crippen molar-refractivity contribution >= 4 is 23.4 Å². The van der Waals surface area contributed by atoms with Gasteiger partial charge in [-0.15, -0.1) is 0 Å². The number of likely N-dealkylation sites (tertiary alicyclic amines) is 1. The van der Waals surface area contributed by atoms with Crippen LogP contribution < -0.4 is 5.32 Å². The van der Waals surface area contributed by atoms with Crippen LogP contribution >= 0.6 is 0 Å². The first kappa shape index (κ1) is 17.6. The Morgan fingerprint density at radius 2 is 1.84 bits per heavy atom. The number of imide groups is 1. The number of hydrogen-bond acceptors (Lipinski definition) is 3. The SMILES string of the molecule is CCc1ccc(NC(=O)CN2C(=O)C3CCC(C)(C2=O)C3(C)C)cc1. The van der Waals surface area contributed by atoms with Gasteiger partial charge in [0, 0.05) is 11.6 Å². The molecular weight excluding hydrogens is 316 g/mol. The average molecular weight is 342 g/mol. The fourth-order valence-corrected chi connectivity index (χ4v) is 4.22. The summed E-state index contributed by atoms with van der Waals surface area (Å²) < 4.78 is 0. The number of hydrogen-bond donors (Lipinski definition) is 1. The van der Waals surface area contributed by atoms with Crippen molar-refractivity contribution in [1.29, 1.82) is 0 Å². The van der Waals surface area contributed by atoms with Crippen molar-refractivity contribution in [3.63, 3.8) is 0 Å². The predicted molar refractivity (Wildman–Crippen MR) is 95.8 cm³/mol. The number of aryl methyl sites for hydroxylation is 1. The van der Waals surface area contributed by atoms with Gasteiger partial charge < -0.3 is 5.32 Å². The highest BCUT2D eigenvalue weighted by atomic mass is 16.2. The fourth-order valence-electron chi connectivity index (χ4n) is 4.22. The first-order valence-corrected chi connectivity index (χ1v) is 8.95. The van der Waals surface area contributed by atoms with E-state index in [1.165, 1.54) is 10.5 Å². The van der Waals surface area contributed by atoms with Gasteiger partial charge in [0.2, 0.25) is 17.7 Å². The van der Waals surface area contributed by atoms with Crippen LogP contribution in [0.5, 0.6) is 0 Å². The van der Waals surface area contributed by atoms with E-state index in [0.717, 1.165) is 6.42 Å². The van der Waals surface area contributed by atoms with Gasteiger partial charge in [0.1, 0.15) is 6.54 Å². The monoisotopic (exact) mass is 342 g/mol. The van der Waals surface area contributed by atoms with Crippen LogP contribution in [0.2, 0.25) is 0 Å². The molecule has 2 aliphatic rings. The van der Waals surface area contributed by atoms with Crippen molar-refractivity contribution in [3.05, 3.63) is 29.8 Å². The smallest absolute Gasteiger partial charge is 0.244 e. The number of fused-ring (bicyclic) bond motifs is 2. The average Bonchev–Trinajstić information content (AvgIpc) is 2.77. The lowest BCUT2D eigenvalue weighted by atomic mass is 9.62. The standard InChI is InChI=1S/C20H26N2O3/c1-5-13-6-8-14(9-7-13)21-16(23)12-22-17(24)15-10-11-20(4,18(22)25)19(15,2)3/h6-9,15H,5,10-12H2,1-4H3,(H,21,23). The molecule has 2 bridgehead atoms. The summed E-state index contributed by atoms with van der Waals surface area (Å²) in [5.41, 5.74) is 0.929. The van der Waals surface area contributed by atoms with Crippen LogP contribution in [0.15, 0.2) is 24.3 Å². The molecule has 1 aliphatic carbocycles. The largest absolute Gasteiger partial charge is 0.325 e. The zero-order valence-corrected chi connectivity index (χ0v) is 15.4. The summed E-state index contributed by atoms with van der Waals surface area (Å²) >= 11 is 0. The van der Waals surface area contributed by atoms with Crippen LogP contribution in [-0.2, 0) is 20.8 Å². The van der Waals surface area contributed by atoms with Gasteiger partial charge in [-0.25, -0.2) is 0 Å². The maximum absolute atomic E-state index is 12.9. The molecule has 0 aromatic heterocycles. The molecule has 1 saturated carbocycles. The molecule has 1 aromatic rings. The third-order valence-corrected chi connectivity index (χ3v) is 6.46. The minimum absolute atomic E-state index is 0.188. The Kier molecular flexibility index (Phi) is 4.21. The number of benzene rings is 1. The summed E-state index contributed by atoms with van der Waals surface area (Å²) in [5.74, 6) is -0.949. The summed E-state index contributed by atoms with van der Waals surface area (Å²) in [6, 6.07) is 7.59. The number of piperidine rings is 1. The Morgan fingerprint density at radius 1 is 1.20 bits per heavy atom. The van der Waals surface area contributed by atoms with Crippen LogP contribution in [0.25, 0.3) is 0 Å². The zero-order valence-electron chi connectivity index (χ0n) is 15.4. The van der Waals surface area contributed by atoms with Gasteiger partial charge >= 0.3 is 0 Å². The first-order chi connectivity index (χ1) is 11.7. The van der Waals surface area contributed by atoms with Crippen molar-refractivity contribution in [2.24, 2.45) is 16.7 Å². The molecule has 2 fully saturated rings. The van der Waals surface area contributed by atoms with Crippen molar-refractivity contribution < 1.29 is 14.4 Å². The van der Waals surface area contributed by atoms with Gasteiger partial charge in [0.15, 0.2) is 0 Å². The maximum atomic E-state index is 12.9. The molecule has 5 nitrogen and oxygen atoms in total. The maximum Gasteiger partial charge on any atom is 0.244 e. The molecular formula is C20H26N2O3. The minimum Gasteiger partial charge on any atom is -0.325 e. The number of anilines is 1. The van der Waals surface area contributed by atoms with Crippen molar-refractivity contribution in [1.82, 2.24) is 4.90 Å². The van der Waals surface area contributed by atoms with E-state index < -0.39 is 5.41 Å². The van der Waals surface area contributed by atoms with E-state index in [2.05, 4.69) is 12.2 Å². The summed E-state index contributed by atoms with van der Waals surface area (Å²) in [6.07, 6.45) is 2.34. The number of carbonyl (C=O) groups is 3. The van der Waals surface area contributed by atoms with E-state index in [4.69, 9.17) is 0 Å². The van der Waals surface area contributed by atoms with E-state index >= 15 is 0 Å². The molecule has 1 N–H and O–H groups in total. The second kappa shape index (κ2) is 5.97. The molecule has 1 saturated heterocycles. The molecule has 5 heteroatoms. The minimum atomic E-state index is -0.575. The normalized spacial score (nSPS) is 27.5. The lowest BCUT2D eigenvalue weighted by Crippen LogP contribution is -2.60. The lowest BCUT2D eigenvalue weighted by molar-refractivity contribution is -0.168. The first-order valence-electron chi connectivity index (χ1n) is 8.95. The topological polar surface area (TPSA) is 66.5 Å². The highest BCUT2D eigenvalue weighted by Gasteiger charge is 2.64. The molecule has 1 heterocycles. The molecule has 1 aromatic carbocycles. The molecule has 25 heavy (non-hydrogen) atoms. The molecule has 1 aliphatic heterocycles. The van der Waals surface area contributed by atoms with E-state index in [-0.39, 0.29) is 35.6 Å². The fraction of sp³-hybridized carbons (Fsp3) is 0.550. The quantitative estimate of drug-likeness (QED) is 0.856. The van der Waals surface area contributed by atoms with E-state index in [9.17, 15) is 14.4 Å². The van der Waals surface area contributed by atoms with Gasteiger partial charge in [0.25, 0.3) is 0 Å². The number of rotatable bonds is 4. The van der Waals surface area contributed by atoms with E-state index in [0.29, 0.717) is 18.5 Å². The van der Waals surface area contributed by atoms with Crippen molar-refractivity contribution in [2.75, 3.05) is 11.9 Å². The Labute approximate surface area is 148 Å². The Hall–Kier alpha value is -2.17. The Balaban J connectivity index is 1.73. The number of amides is 3. The third-order valence-electron chi connectivity index (χ3n) is 6.46. The summed E-state index contributed by atoms with van der Waals surface area (Å²) in [4.78, 5) is 39.2. The van der Waals surface area contributed by atoms with Crippen LogP contribution in [0.4, 0.5) is 5.69 Å². The third kappa shape index (κ3) is 2.66. The van der Waals surface area contributed by atoms with Crippen molar-refractivity contribution in [3.8, 4) is 0 Å². The molecule has 2 atom stereocenters. The lowest BCUT2D eigenvalue weighted by Gasteiger charge is -2.47. The number of nitrogens with zero attached hydrogens (tertiary/aromatic N) is 1. The molecule has 0 spiro atoms. The predicted octanol–water partition coefficient (Wildman–Crippen LogP) is 3.00. The molecule has 134 valence electrons. The summed E-state index contributed by atoms with van der Waals surface area (Å²) in [7, 11) is 0. The van der Waals surface area contributed by atoms with Gasteiger partial charge in [-0.1, -0.05) is 39.8 Å².